The Morgan fingerprint density at radius 3 is 2.83 bits per heavy atom. The van der Waals surface area contributed by atoms with Crippen molar-refractivity contribution < 1.29 is 4.79 Å². The molecule has 1 amide bonds. The molecule has 0 atom stereocenters. The van der Waals surface area contributed by atoms with Crippen molar-refractivity contribution >= 4 is 5.91 Å². The van der Waals surface area contributed by atoms with Crippen LogP contribution >= 0.6 is 0 Å². The zero-order valence-corrected chi connectivity index (χ0v) is 6.66. The maximum absolute atomic E-state index is 11.5. The van der Waals surface area contributed by atoms with Crippen molar-refractivity contribution in [3.8, 4) is 0 Å². The first-order valence-electron chi connectivity index (χ1n) is 3.90. The van der Waals surface area contributed by atoms with Crippen LogP contribution in [0.3, 0.4) is 0 Å². The van der Waals surface area contributed by atoms with Crippen molar-refractivity contribution in [2.24, 2.45) is 5.73 Å². The Kier molecular flexibility index (Phi) is 1.59. The Balaban J connectivity index is 2.42. The number of fused-ring (bicyclic) bond motifs is 1. The molecule has 12 heavy (non-hydrogen) atoms. The van der Waals surface area contributed by atoms with Crippen LogP contribution in [0.1, 0.15) is 15.9 Å². The molecule has 0 aromatic heterocycles. The summed E-state index contributed by atoms with van der Waals surface area (Å²) in [6.07, 6.45) is 0. The van der Waals surface area contributed by atoms with E-state index in [1.54, 1.807) is 4.90 Å². The van der Waals surface area contributed by atoms with Gasteiger partial charge in [-0.2, -0.15) is 0 Å². The number of nitrogens with two attached hydrogens (primary N) is 1. The first-order chi connectivity index (χ1) is 5.83. The molecule has 0 saturated carbocycles. The first kappa shape index (κ1) is 7.31. The van der Waals surface area contributed by atoms with Crippen molar-refractivity contribution in [2.75, 3.05) is 6.67 Å². The van der Waals surface area contributed by atoms with E-state index in [9.17, 15) is 4.79 Å². The van der Waals surface area contributed by atoms with Crippen molar-refractivity contribution in [1.82, 2.24) is 4.90 Å². The highest BCUT2D eigenvalue weighted by molar-refractivity contribution is 5.98. The third kappa shape index (κ3) is 0.905. The van der Waals surface area contributed by atoms with Crippen LogP contribution in [0, 0.1) is 0 Å². The van der Waals surface area contributed by atoms with Crippen LogP contribution in [-0.4, -0.2) is 17.5 Å². The number of carbonyl (C=O) groups is 1. The van der Waals surface area contributed by atoms with E-state index in [-0.39, 0.29) is 5.91 Å². The van der Waals surface area contributed by atoms with E-state index in [4.69, 9.17) is 5.73 Å². The summed E-state index contributed by atoms with van der Waals surface area (Å²) in [6.45, 7) is 0.957. The third-order valence-corrected chi connectivity index (χ3v) is 2.12. The van der Waals surface area contributed by atoms with Gasteiger partial charge in [-0.15, -0.1) is 0 Å². The van der Waals surface area contributed by atoms with Crippen molar-refractivity contribution in [3.05, 3.63) is 35.4 Å². The lowest BCUT2D eigenvalue weighted by Crippen LogP contribution is -2.29. The Labute approximate surface area is 70.8 Å². The molecule has 1 aromatic rings. The second-order valence-corrected chi connectivity index (χ2v) is 2.84. The van der Waals surface area contributed by atoms with Crippen molar-refractivity contribution in [2.45, 2.75) is 6.54 Å². The number of hydrogen-bond donors (Lipinski definition) is 1. The molecule has 2 N–H and O–H groups in total. The minimum atomic E-state index is 0.0492. The molecule has 1 aliphatic rings. The van der Waals surface area contributed by atoms with Crippen LogP contribution in [0.25, 0.3) is 0 Å². The van der Waals surface area contributed by atoms with Gasteiger partial charge in [0.25, 0.3) is 5.91 Å². The summed E-state index contributed by atoms with van der Waals surface area (Å²) in [6, 6.07) is 7.61. The van der Waals surface area contributed by atoms with Gasteiger partial charge in [-0.25, -0.2) is 0 Å². The molecule has 62 valence electrons. The van der Waals surface area contributed by atoms with Gasteiger partial charge < -0.3 is 10.6 Å². The molecule has 0 unspecified atom stereocenters. The van der Waals surface area contributed by atoms with E-state index in [2.05, 4.69) is 0 Å². The first-order valence-corrected chi connectivity index (χ1v) is 3.90. The highest BCUT2D eigenvalue weighted by Crippen LogP contribution is 2.20. The molecule has 0 aliphatic carbocycles. The molecule has 0 spiro atoms. The van der Waals surface area contributed by atoms with Gasteiger partial charge in [0.2, 0.25) is 0 Å². The zero-order valence-electron chi connectivity index (χ0n) is 6.66. The SMILES string of the molecule is NCN1Cc2ccccc2C1=O. The van der Waals surface area contributed by atoms with Crippen molar-refractivity contribution in [3.63, 3.8) is 0 Å². The van der Waals surface area contributed by atoms with Crippen LogP contribution in [0.4, 0.5) is 0 Å². The summed E-state index contributed by atoms with van der Waals surface area (Å²) in [5.74, 6) is 0.0492. The molecule has 1 aromatic carbocycles. The standard InChI is InChI=1S/C9H10N2O/c10-6-11-5-7-3-1-2-4-8(7)9(11)12/h1-4H,5-6,10H2. The second-order valence-electron chi connectivity index (χ2n) is 2.84. The quantitative estimate of drug-likeness (QED) is 0.655. The molecule has 0 saturated heterocycles. The van der Waals surface area contributed by atoms with Gasteiger partial charge in [-0.1, -0.05) is 18.2 Å². The van der Waals surface area contributed by atoms with Gasteiger partial charge in [0.1, 0.15) is 0 Å². The molecule has 2 rings (SSSR count). The number of amides is 1. The van der Waals surface area contributed by atoms with E-state index in [1.165, 1.54) is 0 Å². The molecular formula is C9H10N2O. The van der Waals surface area contributed by atoms with E-state index < -0.39 is 0 Å². The maximum atomic E-state index is 11.5. The Morgan fingerprint density at radius 2 is 2.17 bits per heavy atom. The van der Waals surface area contributed by atoms with Gasteiger partial charge in [-0.3, -0.25) is 4.79 Å². The average molecular weight is 162 g/mol. The summed E-state index contributed by atoms with van der Waals surface area (Å²) in [4.78, 5) is 13.1. The van der Waals surface area contributed by atoms with Crippen molar-refractivity contribution in [1.29, 1.82) is 0 Å². The molecule has 0 fully saturated rings. The minimum Gasteiger partial charge on any atom is -0.322 e. The van der Waals surface area contributed by atoms with Gasteiger partial charge in [0.15, 0.2) is 0 Å². The molecule has 3 nitrogen and oxygen atoms in total. The largest absolute Gasteiger partial charge is 0.322 e. The number of rotatable bonds is 1. The van der Waals surface area contributed by atoms with Crippen LogP contribution in [0.15, 0.2) is 24.3 Å². The third-order valence-electron chi connectivity index (χ3n) is 2.12. The molecule has 0 bridgehead atoms. The fourth-order valence-electron chi connectivity index (χ4n) is 1.46. The highest BCUT2D eigenvalue weighted by Gasteiger charge is 2.24. The van der Waals surface area contributed by atoms with Crippen LogP contribution in [0.2, 0.25) is 0 Å². The van der Waals surface area contributed by atoms with Gasteiger partial charge in [0, 0.05) is 12.1 Å². The van der Waals surface area contributed by atoms with E-state index in [1.807, 2.05) is 24.3 Å². The summed E-state index contributed by atoms with van der Waals surface area (Å²) in [7, 11) is 0. The Morgan fingerprint density at radius 1 is 1.42 bits per heavy atom. The molecule has 3 heteroatoms. The Bertz CT molecular complexity index is 322. The molecule has 1 heterocycles. The van der Waals surface area contributed by atoms with Crippen LogP contribution < -0.4 is 5.73 Å². The van der Waals surface area contributed by atoms with Crippen LogP contribution in [-0.2, 0) is 6.54 Å². The lowest BCUT2D eigenvalue weighted by Gasteiger charge is -2.10. The fourth-order valence-corrected chi connectivity index (χ4v) is 1.46. The predicted molar refractivity (Wildman–Crippen MR) is 45.4 cm³/mol. The van der Waals surface area contributed by atoms with Gasteiger partial charge in [-0.05, 0) is 11.6 Å². The van der Waals surface area contributed by atoms with Gasteiger partial charge in [0.05, 0.1) is 6.67 Å². The normalized spacial score (nSPS) is 15.1. The van der Waals surface area contributed by atoms with E-state index >= 15 is 0 Å². The Hall–Kier alpha value is -1.35. The molecule has 1 aliphatic heterocycles. The lowest BCUT2D eigenvalue weighted by atomic mass is 10.1. The highest BCUT2D eigenvalue weighted by atomic mass is 16.2. The van der Waals surface area contributed by atoms with Crippen LogP contribution in [0.5, 0.6) is 0 Å². The lowest BCUT2D eigenvalue weighted by molar-refractivity contribution is 0.0783. The predicted octanol–water partition coefficient (Wildman–Crippen LogP) is 0.559. The summed E-state index contributed by atoms with van der Waals surface area (Å²) < 4.78 is 0. The number of nitrogens with zero attached hydrogens (tertiary/aromatic N) is 1. The fraction of sp³-hybridized carbons (Fsp3) is 0.222. The number of benzene rings is 1. The van der Waals surface area contributed by atoms with Gasteiger partial charge >= 0.3 is 0 Å². The molecule has 0 radical (unpaired) electrons. The monoisotopic (exact) mass is 162 g/mol. The smallest absolute Gasteiger partial charge is 0.255 e. The summed E-state index contributed by atoms with van der Waals surface area (Å²) >= 11 is 0. The maximum Gasteiger partial charge on any atom is 0.255 e. The molecular weight excluding hydrogens is 152 g/mol. The topological polar surface area (TPSA) is 46.3 Å². The summed E-state index contributed by atoms with van der Waals surface area (Å²) in [5, 5.41) is 0. The summed E-state index contributed by atoms with van der Waals surface area (Å²) in [5.41, 5.74) is 7.28. The number of carbonyl (C=O) groups excluding carboxylic acids is 1. The second kappa shape index (κ2) is 2.60. The van der Waals surface area contributed by atoms with E-state index in [0.717, 1.165) is 11.1 Å². The average Bonchev–Trinajstić information content (AvgIpc) is 2.44. The number of hydrogen-bond acceptors (Lipinski definition) is 2. The zero-order chi connectivity index (χ0) is 8.55. The minimum absolute atomic E-state index is 0.0492. The van der Waals surface area contributed by atoms with E-state index in [0.29, 0.717) is 13.2 Å².